The van der Waals surface area contributed by atoms with Crippen LogP contribution in [0.15, 0.2) is 0 Å². The fraction of sp³-hybridized carbons (Fsp3) is 1.00. The molecular weight excluding hydrogens is 114 g/mol. The van der Waals surface area contributed by atoms with Gasteiger partial charge in [-0.2, -0.15) is 0 Å². The van der Waals surface area contributed by atoms with Gasteiger partial charge in [0.1, 0.15) is 0 Å². The molecule has 1 saturated carbocycles. The van der Waals surface area contributed by atoms with Crippen molar-refractivity contribution in [1.82, 2.24) is 10.7 Å². The molecule has 0 amide bonds. The van der Waals surface area contributed by atoms with Gasteiger partial charge in [-0.15, -0.1) is 0 Å². The zero-order valence-corrected chi connectivity index (χ0v) is 5.48. The van der Waals surface area contributed by atoms with Crippen molar-refractivity contribution in [2.75, 3.05) is 13.1 Å². The van der Waals surface area contributed by atoms with Crippen molar-refractivity contribution in [2.45, 2.75) is 18.9 Å². The van der Waals surface area contributed by atoms with Crippen molar-refractivity contribution in [3.05, 3.63) is 0 Å². The van der Waals surface area contributed by atoms with Crippen LogP contribution in [0.25, 0.3) is 0 Å². The molecule has 2 rings (SSSR count). The maximum atomic E-state index is 5.31. The topological polar surface area (TPSA) is 50.1 Å². The Labute approximate surface area is 55.0 Å². The van der Waals surface area contributed by atoms with E-state index >= 15 is 0 Å². The number of rotatable bonds is 1. The van der Waals surface area contributed by atoms with Crippen molar-refractivity contribution < 1.29 is 0 Å². The van der Waals surface area contributed by atoms with E-state index in [2.05, 4.69) is 10.7 Å². The summed E-state index contributed by atoms with van der Waals surface area (Å²) >= 11 is 0. The van der Waals surface area contributed by atoms with Crippen molar-refractivity contribution in [3.63, 3.8) is 0 Å². The second-order valence-electron chi connectivity index (χ2n) is 3.21. The van der Waals surface area contributed by atoms with E-state index < -0.39 is 0 Å². The molecule has 3 nitrogen and oxygen atoms in total. The molecule has 4 N–H and O–H groups in total. The third-order valence-electron chi connectivity index (χ3n) is 2.67. The molecule has 2 aliphatic rings. The van der Waals surface area contributed by atoms with Crippen molar-refractivity contribution in [1.29, 1.82) is 0 Å². The lowest BCUT2D eigenvalue weighted by Crippen LogP contribution is -2.30. The maximum absolute atomic E-state index is 5.31. The number of nitrogens with two attached hydrogens (primary N) is 1. The van der Waals surface area contributed by atoms with Gasteiger partial charge in [-0.05, 0) is 19.4 Å². The summed E-state index contributed by atoms with van der Waals surface area (Å²) in [6, 6.07) is 0.604. The van der Waals surface area contributed by atoms with Gasteiger partial charge < -0.3 is 5.32 Å². The van der Waals surface area contributed by atoms with Crippen LogP contribution < -0.4 is 16.6 Å². The smallest absolute Gasteiger partial charge is 0.0286 e. The summed E-state index contributed by atoms with van der Waals surface area (Å²) in [7, 11) is 0. The van der Waals surface area contributed by atoms with Gasteiger partial charge in [-0.3, -0.25) is 11.3 Å². The van der Waals surface area contributed by atoms with Gasteiger partial charge in [-0.1, -0.05) is 0 Å². The molecule has 9 heavy (non-hydrogen) atoms. The second kappa shape index (κ2) is 1.68. The first-order valence-electron chi connectivity index (χ1n) is 3.54. The first-order chi connectivity index (χ1) is 4.37. The molecule has 1 aliphatic heterocycles. The van der Waals surface area contributed by atoms with Crippen LogP contribution in [-0.4, -0.2) is 19.1 Å². The second-order valence-corrected chi connectivity index (χ2v) is 3.21. The maximum Gasteiger partial charge on any atom is 0.0286 e. The van der Waals surface area contributed by atoms with Crippen LogP contribution in [0.5, 0.6) is 0 Å². The van der Waals surface area contributed by atoms with E-state index in [4.69, 9.17) is 5.84 Å². The Kier molecular flexibility index (Phi) is 1.06. The summed E-state index contributed by atoms with van der Waals surface area (Å²) in [6.07, 6.45) is 2.58. The molecule has 0 aromatic rings. The molecule has 2 unspecified atom stereocenters. The minimum absolute atomic E-state index is 0.564. The Hall–Kier alpha value is -0.120. The van der Waals surface area contributed by atoms with Crippen LogP contribution in [0, 0.1) is 5.41 Å². The monoisotopic (exact) mass is 127 g/mol. The van der Waals surface area contributed by atoms with E-state index in [-0.39, 0.29) is 0 Å². The summed E-state index contributed by atoms with van der Waals surface area (Å²) < 4.78 is 0. The minimum Gasteiger partial charge on any atom is -0.316 e. The Balaban J connectivity index is 1.97. The Morgan fingerprint density at radius 1 is 1.67 bits per heavy atom. The Bertz CT molecular complexity index is 117. The summed E-state index contributed by atoms with van der Waals surface area (Å²) in [5.74, 6) is 5.31. The van der Waals surface area contributed by atoms with Crippen LogP contribution in [0.3, 0.4) is 0 Å². The lowest BCUT2D eigenvalue weighted by atomic mass is 10.1. The first kappa shape index (κ1) is 5.65. The third kappa shape index (κ3) is 0.689. The van der Waals surface area contributed by atoms with E-state index in [1.165, 1.54) is 25.9 Å². The van der Waals surface area contributed by atoms with Crippen molar-refractivity contribution in [2.24, 2.45) is 11.3 Å². The number of hydrogen-bond donors (Lipinski definition) is 3. The van der Waals surface area contributed by atoms with Gasteiger partial charge in [0, 0.05) is 18.0 Å². The number of hydrogen-bond acceptors (Lipinski definition) is 3. The largest absolute Gasteiger partial charge is 0.316 e. The lowest BCUT2D eigenvalue weighted by Gasteiger charge is -2.03. The zero-order valence-electron chi connectivity index (χ0n) is 5.48. The molecule has 0 bridgehead atoms. The molecule has 2 atom stereocenters. The van der Waals surface area contributed by atoms with Gasteiger partial charge in [0.2, 0.25) is 0 Å². The molecule has 0 aromatic carbocycles. The number of hydrazine groups is 1. The predicted octanol–water partition coefficient (Wildman–Crippen LogP) is -0.798. The number of nitrogens with one attached hydrogen (secondary N) is 2. The molecule has 52 valence electrons. The van der Waals surface area contributed by atoms with E-state index in [9.17, 15) is 0 Å². The fourth-order valence-corrected chi connectivity index (χ4v) is 1.82. The van der Waals surface area contributed by atoms with E-state index in [1.54, 1.807) is 0 Å². The zero-order chi connectivity index (χ0) is 6.32. The first-order valence-corrected chi connectivity index (χ1v) is 3.54. The SMILES string of the molecule is NNC1CC12CCNC2. The Morgan fingerprint density at radius 2 is 2.56 bits per heavy atom. The van der Waals surface area contributed by atoms with Crippen LogP contribution in [-0.2, 0) is 0 Å². The van der Waals surface area contributed by atoms with Crippen LogP contribution in [0.1, 0.15) is 12.8 Å². The summed E-state index contributed by atoms with van der Waals surface area (Å²) in [5, 5.41) is 3.34. The standard InChI is InChI=1S/C6H13N3/c7-9-5-3-6(5)1-2-8-4-6/h5,8-9H,1-4,7H2. The highest BCUT2D eigenvalue weighted by molar-refractivity contribution is 5.10. The minimum atomic E-state index is 0.564. The van der Waals surface area contributed by atoms with Gasteiger partial charge in [0.25, 0.3) is 0 Å². The molecular formula is C6H13N3. The molecule has 1 spiro atoms. The van der Waals surface area contributed by atoms with Crippen molar-refractivity contribution >= 4 is 0 Å². The van der Waals surface area contributed by atoms with Crippen molar-refractivity contribution in [3.8, 4) is 0 Å². The average Bonchev–Trinajstić information content (AvgIpc) is 2.30. The summed E-state index contributed by atoms with van der Waals surface area (Å²) in [6.45, 7) is 2.35. The quantitative estimate of drug-likeness (QED) is 0.319. The van der Waals surface area contributed by atoms with Crippen LogP contribution >= 0.6 is 0 Å². The molecule has 0 radical (unpaired) electrons. The highest BCUT2D eigenvalue weighted by Gasteiger charge is 2.54. The van der Waals surface area contributed by atoms with Gasteiger partial charge >= 0.3 is 0 Å². The predicted molar refractivity (Wildman–Crippen MR) is 35.6 cm³/mol. The van der Waals surface area contributed by atoms with Crippen LogP contribution in [0.4, 0.5) is 0 Å². The fourth-order valence-electron chi connectivity index (χ4n) is 1.82. The average molecular weight is 127 g/mol. The van der Waals surface area contributed by atoms with E-state index in [0.29, 0.717) is 11.5 Å². The molecule has 1 aliphatic carbocycles. The highest BCUT2D eigenvalue weighted by Crippen LogP contribution is 2.49. The molecule has 1 heterocycles. The van der Waals surface area contributed by atoms with Crippen LogP contribution in [0.2, 0.25) is 0 Å². The van der Waals surface area contributed by atoms with Gasteiger partial charge in [0.05, 0.1) is 0 Å². The third-order valence-corrected chi connectivity index (χ3v) is 2.67. The van der Waals surface area contributed by atoms with Gasteiger partial charge in [0.15, 0.2) is 0 Å². The molecule has 1 saturated heterocycles. The summed E-state index contributed by atoms with van der Waals surface area (Å²) in [4.78, 5) is 0. The normalized spacial score (nSPS) is 48.3. The Morgan fingerprint density at radius 3 is 3.00 bits per heavy atom. The van der Waals surface area contributed by atoms with Gasteiger partial charge in [-0.25, -0.2) is 0 Å². The highest BCUT2D eigenvalue weighted by atomic mass is 15.3. The molecule has 2 fully saturated rings. The molecule has 0 aromatic heterocycles. The van der Waals surface area contributed by atoms with E-state index in [1.807, 2.05) is 0 Å². The lowest BCUT2D eigenvalue weighted by molar-refractivity contribution is 0.504. The molecule has 3 heteroatoms. The summed E-state index contributed by atoms with van der Waals surface area (Å²) in [5.41, 5.74) is 3.40. The van der Waals surface area contributed by atoms with E-state index in [0.717, 1.165) is 0 Å².